The molecule has 1 heterocycles. The summed E-state index contributed by atoms with van der Waals surface area (Å²) in [7, 11) is 1.83. The predicted molar refractivity (Wildman–Crippen MR) is 81.2 cm³/mol. The zero-order valence-corrected chi connectivity index (χ0v) is 12.7. The lowest BCUT2D eigenvalue weighted by molar-refractivity contribution is 0.102. The van der Waals surface area contributed by atoms with Gasteiger partial charge in [-0.15, -0.1) is 0 Å². The van der Waals surface area contributed by atoms with E-state index in [0.29, 0.717) is 11.5 Å². The predicted octanol–water partition coefficient (Wildman–Crippen LogP) is 3.41. The van der Waals surface area contributed by atoms with E-state index in [2.05, 4.69) is 30.3 Å². The molecule has 20 heavy (non-hydrogen) atoms. The highest BCUT2D eigenvalue weighted by Gasteiger charge is 2.16. The van der Waals surface area contributed by atoms with E-state index in [1.807, 2.05) is 33.0 Å². The molecule has 1 aromatic heterocycles. The number of para-hydroxylation sites is 1. The lowest BCUT2D eigenvalue weighted by Crippen LogP contribution is -2.15. The van der Waals surface area contributed by atoms with Crippen LogP contribution in [0.1, 0.15) is 46.9 Å². The van der Waals surface area contributed by atoms with Gasteiger partial charge >= 0.3 is 0 Å². The number of benzene rings is 1. The maximum absolute atomic E-state index is 12.4. The van der Waals surface area contributed by atoms with Crippen molar-refractivity contribution in [2.45, 2.75) is 33.6 Å². The standard InChI is InChI=1S/C16H21N3O/c1-10(2)13-8-6-7-11(3)15(13)18-16(20)14-9-17-19(5)12(14)4/h6-10H,1-5H3,(H,18,20). The first-order chi connectivity index (χ1) is 9.41. The smallest absolute Gasteiger partial charge is 0.259 e. The molecule has 0 aliphatic carbocycles. The fourth-order valence-corrected chi connectivity index (χ4v) is 2.24. The summed E-state index contributed by atoms with van der Waals surface area (Å²) in [5, 5.41) is 7.15. The van der Waals surface area contributed by atoms with Gasteiger partial charge in [-0.1, -0.05) is 32.0 Å². The number of carbonyl (C=O) groups is 1. The van der Waals surface area contributed by atoms with Gasteiger partial charge < -0.3 is 5.32 Å². The lowest BCUT2D eigenvalue weighted by Gasteiger charge is -2.16. The van der Waals surface area contributed by atoms with Crippen molar-refractivity contribution in [2.24, 2.45) is 7.05 Å². The average molecular weight is 271 g/mol. The Labute approximate surface area is 119 Å². The molecule has 0 radical (unpaired) electrons. The van der Waals surface area contributed by atoms with Crippen molar-refractivity contribution in [3.05, 3.63) is 46.8 Å². The molecule has 0 bridgehead atoms. The van der Waals surface area contributed by atoms with E-state index in [-0.39, 0.29) is 5.91 Å². The van der Waals surface area contributed by atoms with Crippen molar-refractivity contribution in [3.8, 4) is 0 Å². The summed E-state index contributed by atoms with van der Waals surface area (Å²) in [5.74, 6) is 0.256. The Morgan fingerprint density at radius 2 is 2.00 bits per heavy atom. The molecule has 106 valence electrons. The van der Waals surface area contributed by atoms with Crippen LogP contribution in [0.4, 0.5) is 5.69 Å². The van der Waals surface area contributed by atoms with E-state index in [4.69, 9.17) is 0 Å². The zero-order valence-electron chi connectivity index (χ0n) is 12.7. The number of aromatic nitrogens is 2. The second-order valence-electron chi connectivity index (χ2n) is 5.42. The van der Waals surface area contributed by atoms with Crippen LogP contribution in [0.5, 0.6) is 0 Å². The highest BCUT2D eigenvalue weighted by Crippen LogP contribution is 2.28. The average Bonchev–Trinajstić information content (AvgIpc) is 2.72. The van der Waals surface area contributed by atoms with Gasteiger partial charge in [-0.3, -0.25) is 9.48 Å². The van der Waals surface area contributed by atoms with Gasteiger partial charge in [0.25, 0.3) is 5.91 Å². The first-order valence-electron chi connectivity index (χ1n) is 6.81. The van der Waals surface area contributed by atoms with Crippen LogP contribution in [0.3, 0.4) is 0 Å². The third kappa shape index (κ3) is 2.59. The molecule has 0 aliphatic heterocycles. The number of carbonyl (C=O) groups excluding carboxylic acids is 1. The molecule has 0 spiro atoms. The van der Waals surface area contributed by atoms with Gasteiger partial charge in [0.05, 0.1) is 11.8 Å². The molecule has 1 aromatic carbocycles. The zero-order chi connectivity index (χ0) is 14.9. The largest absolute Gasteiger partial charge is 0.321 e. The molecule has 2 aromatic rings. The first kappa shape index (κ1) is 14.3. The minimum absolute atomic E-state index is 0.105. The summed E-state index contributed by atoms with van der Waals surface area (Å²) in [6.45, 7) is 8.15. The number of hydrogen-bond acceptors (Lipinski definition) is 2. The van der Waals surface area contributed by atoms with Crippen LogP contribution < -0.4 is 5.32 Å². The van der Waals surface area contributed by atoms with Crippen molar-refractivity contribution in [1.29, 1.82) is 0 Å². The number of hydrogen-bond donors (Lipinski definition) is 1. The Morgan fingerprint density at radius 3 is 2.55 bits per heavy atom. The Bertz CT molecular complexity index is 641. The summed E-state index contributed by atoms with van der Waals surface area (Å²) in [6, 6.07) is 6.09. The normalized spacial score (nSPS) is 10.9. The van der Waals surface area contributed by atoms with Crippen LogP contribution in [0.2, 0.25) is 0 Å². The monoisotopic (exact) mass is 271 g/mol. The third-order valence-corrected chi connectivity index (χ3v) is 3.65. The van der Waals surface area contributed by atoms with Gasteiger partial charge in [0.15, 0.2) is 0 Å². The van der Waals surface area contributed by atoms with E-state index in [1.54, 1.807) is 10.9 Å². The lowest BCUT2D eigenvalue weighted by atomic mass is 9.98. The Morgan fingerprint density at radius 1 is 1.30 bits per heavy atom. The number of nitrogens with one attached hydrogen (secondary N) is 1. The Hall–Kier alpha value is -2.10. The van der Waals surface area contributed by atoms with Crippen molar-refractivity contribution in [1.82, 2.24) is 9.78 Å². The molecule has 4 nitrogen and oxygen atoms in total. The Kier molecular flexibility index (Phi) is 3.93. The van der Waals surface area contributed by atoms with E-state index in [9.17, 15) is 4.79 Å². The SMILES string of the molecule is Cc1cccc(C(C)C)c1NC(=O)c1cnn(C)c1C. The van der Waals surface area contributed by atoms with Crippen molar-refractivity contribution >= 4 is 11.6 Å². The van der Waals surface area contributed by atoms with E-state index in [0.717, 1.165) is 22.5 Å². The van der Waals surface area contributed by atoms with Crippen LogP contribution in [0.15, 0.2) is 24.4 Å². The van der Waals surface area contributed by atoms with E-state index >= 15 is 0 Å². The quantitative estimate of drug-likeness (QED) is 0.930. The minimum atomic E-state index is -0.105. The summed E-state index contributed by atoms with van der Waals surface area (Å²) in [4.78, 5) is 12.4. The van der Waals surface area contributed by atoms with Crippen molar-refractivity contribution in [2.75, 3.05) is 5.32 Å². The van der Waals surface area contributed by atoms with Crippen LogP contribution in [0.25, 0.3) is 0 Å². The third-order valence-electron chi connectivity index (χ3n) is 3.65. The highest BCUT2D eigenvalue weighted by atomic mass is 16.1. The fourth-order valence-electron chi connectivity index (χ4n) is 2.24. The van der Waals surface area contributed by atoms with E-state index < -0.39 is 0 Å². The molecule has 0 atom stereocenters. The van der Waals surface area contributed by atoms with Crippen LogP contribution >= 0.6 is 0 Å². The molecule has 0 saturated carbocycles. The highest BCUT2D eigenvalue weighted by molar-refractivity contribution is 6.05. The molecule has 2 rings (SSSR count). The summed E-state index contributed by atoms with van der Waals surface area (Å²) in [6.07, 6.45) is 1.61. The number of aryl methyl sites for hydroxylation is 2. The molecule has 0 fully saturated rings. The van der Waals surface area contributed by atoms with Crippen LogP contribution in [-0.2, 0) is 7.05 Å². The molecule has 4 heteroatoms. The number of nitrogens with zero attached hydrogens (tertiary/aromatic N) is 2. The molecule has 0 saturated heterocycles. The molecule has 1 N–H and O–H groups in total. The Balaban J connectivity index is 2.35. The van der Waals surface area contributed by atoms with Crippen molar-refractivity contribution in [3.63, 3.8) is 0 Å². The second-order valence-corrected chi connectivity index (χ2v) is 5.42. The fraction of sp³-hybridized carbons (Fsp3) is 0.375. The maximum atomic E-state index is 12.4. The topological polar surface area (TPSA) is 46.9 Å². The number of rotatable bonds is 3. The molecule has 0 unspecified atom stereocenters. The molecule has 1 amide bonds. The molecular weight excluding hydrogens is 250 g/mol. The summed E-state index contributed by atoms with van der Waals surface area (Å²) >= 11 is 0. The van der Waals surface area contributed by atoms with Gasteiger partial charge in [-0.2, -0.15) is 5.10 Å². The van der Waals surface area contributed by atoms with Gasteiger partial charge in [0, 0.05) is 18.4 Å². The summed E-state index contributed by atoms with van der Waals surface area (Å²) < 4.78 is 1.70. The molecule has 0 aliphatic rings. The summed E-state index contributed by atoms with van der Waals surface area (Å²) in [5.41, 5.74) is 4.62. The van der Waals surface area contributed by atoms with Gasteiger partial charge in [-0.25, -0.2) is 0 Å². The van der Waals surface area contributed by atoms with Crippen LogP contribution in [0, 0.1) is 13.8 Å². The van der Waals surface area contributed by atoms with Crippen molar-refractivity contribution < 1.29 is 4.79 Å². The van der Waals surface area contributed by atoms with Gasteiger partial charge in [0.1, 0.15) is 0 Å². The molecular formula is C16H21N3O. The van der Waals surface area contributed by atoms with Crippen LogP contribution in [-0.4, -0.2) is 15.7 Å². The van der Waals surface area contributed by atoms with Gasteiger partial charge in [-0.05, 0) is 30.9 Å². The first-order valence-corrected chi connectivity index (χ1v) is 6.81. The number of anilines is 1. The van der Waals surface area contributed by atoms with Gasteiger partial charge in [0.2, 0.25) is 0 Å². The minimum Gasteiger partial charge on any atom is -0.321 e. The number of amides is 1. The second kappa shape index (κ2) is 5.49. The maximum Gasteiger partial charge on any atom is 0.259 e. The van der Waals surface area contributed by atoms with E-state index in [1.165, 1.54) is 0 Å².